The number of aromatic nitrogens is 2. The zero-order valence-electron chi connectivity index (χ0n) is 15.2. The number of anilines is 1. The first kappa shape index (κ1) is 20.9. The number of carbonyl (C=O) groups is 2. The van der Waals surface area contributed by atoms with Gasteiger partial charge in [0, 0.05) is 24.9 Å². The summed E-state index contributed by atoms with van der Waals surface area (Å²) in [6, 6.07) is 2.75. The summed E-state index contributed by atoms with van der Waals surface area (Å²) < 4.78 is 26.4. The molecule has 0 radical (unpaired) electrons. The Labute approximate surface area is 160 Å². The van der Waals surface area contributed by atoms with Crippen molar-refractivity contribution in [3.63, 3.8) is 0 Å². The molecular weight excluding hydrogens is 374 g/mol. The maximum absolute atomic E-state index is 13.5. The molecule has 1 aromatic heterocycles. The standard InChI is InChI=1S/C18H22F2N4O2S/c1-3-11(4-2)17-23-24-18(27-17)22-15(25)6-5-9-21-16(26)13-8-7-12(19)10-14(13)20/h7-8,10-11H,3-6,9H2,1-2H3,(H,21,26)(H,22,24,25). The van der Waals surface area contributed by atoms with Crippen LogP contribution in [0, 0.1) is 11.6 Å². The number of rotatable bonds is 9. The first-order chi connectivity index (χ1) is 12.9. The van der Waals surface area contributed by atoms with Crippen molar-refractivity contribution in [2.45, 2.75) is 45.4 Å². The molecule has 2 N–H and O–H groups in total. The SMILES string of the molecule is CCC(CC)c1nnc(NC(=O)CCCNC(=O)c2ccc(F)cc2F)s1. The molecule has 146 valence electrons. The molecule has 0 aliphatic carbocycles. The lowest BCUT2D eigenvalue weighted by molar-refractivity contribution is -0.116. The Balaban J connectivity index is 1.74. The Bertz CT molecular complexity index is 793. The molecule has 27 heavy (non-hydrogen) atoms. The molecule has 9 heteroatoms. The number of hydrogen-bond donors (Lipinski definition) is 2. The fourth-order valence-electron chi connectivity index (χ4n) is 2.49. The van der Waals surface area contributed by atoms with E-state index in [0.29, 0.717) is 23.5 Å². The Morgan fingerprint density at radius 2 is 1.93 bits per heavy atom. The minimum absolute atomic E-state index is 0.173. The number of halogens is 2. The molecule has 1 aromatic carbocycles. The lowest BCUT2D eigenvalue weighted by atomic mass is 10.1. The number of carbonyl (C=O) groups excluding carboxylic acids is 2. The van der Waals surface area contributed by atoms with Crippen molar-refractivity contribution in [2.75, 3.05) is 11.9 Å². The average Bonchev–Trinajstić information content (AvgIpc) is 3.07. The average molecular weight is 396 g/mol. The second-order valence-electron chi connectivity index (χ2n) is 5.99. The first-order valence-electron chi connectivity index (χ1n) is 8.81. The van der Waals surface area contributed by atoms with Crippen LogP contribution in [0.25, 0.3) is 0 Å². The van der Waals surface area contributed by atoms with Crippen molar-refractivity contribution in [1.82, 2.24) is 15.5 Å². The fourth-order valence-corrected chi connectivity index (χ4v) is 3.52. The summed E-state index contributed by atoms with van der Waals surface area (Å²) in [5.74, 6) is -2.20. The summed E-state index contributed by atoms with van der Waals surface area (Å²) in [5, 5.41) is 14.7. The minimum atomic E-state index is -0.922. The van der Waals surface area contributed by atoms with E-state index in [0.717, 1.165) is 30.0 Å². The summed E-state index contributed by atoms with van der Waals surface area (Å²) >= 11 is 1.37. The van der Waals surface area contributed by atoms with Crippen molar-refractivity contribution in [2.24, 2.45) is 0 Å². The zero-order chi connectivity index (χ0) is 19.8. The quantitative estimate of drug-likeness (QED) is 0.630. The first-order valence-corrected chi connectivity index (χ1v) is 9.62. The topological polar surface area (TPSA) is 84.0 Å². The van der Waals surface area contributed by atoms with Crippen molar-refractivity contribution < 1.29 is 18.4 Å². The molecule has 1 heterocycles. The monoisotopic (exact) mass is 396 g/mol. The number of nitrogens with zero attached hydrogens (tertiary/aromatic N) is 2. The van der Waals surface area contributed by atoms with Crippen LogP contribution in [-0.2, 0) is 4.79 Å². The van der Waals surface area contributed by atoms with E-state index < -0.39 is 17.5 Å². The molecule has 0 saturated heterocycles. The highest BCUT2D eigenvalue weighted by atomic mass is 32.1. The van der Waals surface area contributed by atoms with E-state index >= 15 is 0 Å². The molecule has 0 bridgehead atoms. The zero-order valence-corrected chi connectivity index (χ0v) is 16.0. The van der Waals surface area contributed by atoms with E-state index in [1.54, 1.807) is 0 Å². The molecule has 2 rings (SSSR count). The third kappa shape index (κ3) is 6.06. The number of benzene rings is 1. The van der Waals surface area contributed by atoms with Crippen molar-refractivity contribution in [3.05, 3.63) is 40.4 Å². The number of nitrogens with one attached hydrogen (secondary N) is 2. The van der Waals surface area contributed by atoms with Gasteiger partial charge in [-0.3, -0.25) is 9.59 Å². The van der Waals surface area contributed by atoms with Gasteiger partial charge in [-0.2, -0.15) is 0 Å². The highest BCUT2D eigenvalue weighted by Gasteiger charge is 2.15. The van der Waals surface area contributed by atoms with Crippen LogP contribution < -0.4 is 10.6 Å². The van der Waals surface area contributed by atoms with Gasteiger partial charge in [-0.15, -0.1) is 10.2 Å². The Morgan fingerprint density at radius 1 is 1.19 bits per heavy atom. The molecule has 2 aromatic rings. The number of hydrogen-bond acceptors (Lipinski definition) is 5. The van der Waals surface area contributed by atoms with Gasteiger partial charge in [-0.05, 0) is 31.4 Å². The third-order valence-corrected chi connectivity index (χ3v) is 5.06. The van der Waals surface area contributed by atoms with Crippen LogP contribution in [0.1, 0.15) is 60.8 Å². The van der Waals surface area contributed by atoms with Crippen molar-refractivity contribution >= 4 is 28.3 Å². The van der Waals surface area contributed by atoms with E-state index in [1.807, 2.05) is 0 Å². The van der Waals surface area contributed by atoms with Gasteiger partial charge in [0.1, 0.15) is 16.6 Å². The van der Waals surface area contributed by atoms with Crippen LogP contribution >= 0.6 is 11.3 Å². The van der Waals surface area contributed by atoms with E-state index in [4.69, 9.17) is 0 Å². The molecule has 0 spiro atoms. The van der Waals surface area contributed by atoms with Crippen molar-refractivity contribution in [1.29, 1.82) is 0 Å². The van der Waals surface area contributed by atoms with Crippen LogP contribution in [0.2, 0.25) is 0 Å². The molecule has 0 atom stereocenters. The molecule has 0 aliphatic rings. The summed E-state index contributed by atoms with van der Waals surface area (Å²) in [6.07, 6.45) is 2.48. The van der Waals surface area contributed by atoms with Gasteiger partial charge in [-0.1, -0.05) is 25.2 Å². The maximum Gasteiger partial charge on any atom is 0.254 e. The highest BCUT2D eigenvalue weighted by molar-refractivity contribution is 7.15. The fraction of sp³-hybridized carbons (Fsp3) is 0.444. The van der Waals surface area contributed by atoms with Crippen LogP contribution in [0.15, 0.2) is 18.2 Å². The molecule has 6 nitrogen and oxygen atoms in total. The summed E-state index contributed by atoms with van der Waals surface area (Å²) in [7, 11) is 0. The van der Waals surface area contributed by atoms with Gasteiger partial charge in [-0.25, -0.2) is 8.78 Å². The van der Waals surface area contributed by atoms with Gasteiger partial charge in [0.05, 0.1) is 5.56 Å². The van der Waals surface area contributed by atoms with Gasteiger partial charge in [0.2, 0.25) is 11.0 Å². The number of amides is 2. The summed E-state index contributed by atoms with van der Waals surface area (Å²) in [4.78, 5) is 23.8. The smallest absolute Gasteiger partial charge is 0.254 e. The molecule has 0 aliphatic heterocycles. The lowest BCUT2D eigenvalue weighted by Crippen LogP contribution is -2.26. The van der Waals surface area contributed by atoms with Gasteiger partial charge in [0.25, 0.3) is 5.91 Å². The van der Waals surface area contributed by atoms with Gasteiger partial charge in [0.15, 0.2) is 0 Å². The van der Waals surface area contributed by atoms with Crippen LogP contribution in [0.5, 0.6) is 0 Å². The Morgan fingerprint density at radius 3 is 2.59 bits per heavy atom. The van der Waals surface area contributed by atoms with Crippen LogP contribution in [0.3, 0.4) is 0 Å². The predicted octanol–water partition coefficient (Wildman–Crippen LogP) is 3.87. The van der Waals surface area contributed by atoms with Gasteiger partial charge >= 0.3 is 0 Å². The second-order valence-corrected chi connectivity index (χ2v) is 7.00. The molecular formula is C18H22F2N4O2S. The minimum Gasteiger partial charge on any atom is -0.352 e. The third-order valence-electron chi connectivity index (χ3n) is 4.06. The van der Waals surface area contributed by atoms with Gasteiger partial charge < -0.3 is 10.6 Å². The Hall–Kier alpha value is -2.42. The second kappa shape index (κ2) is 10.1. The van der Waals surface area contributed by atoms with E-state index in [-0.39, 0.29) is 24.4 Å². The molecule has 0 fully saturated rings. The lowest BCUT2D eigenvalue weighted by Gasteiger charge is -2.06. The van der Waals surface area contributed by atoms with E-state index in [9.17, 15) is 18.4 Å². The van der Waals surface area contributed by atoms with Crippen LogP contribution in [0.4, 0.5) is 13.9 Å². The molecule has 0 unspecified atom stereocenters. The maximum atomic E-state index is 13.5. The van der Waals surface area contributed by atoms with E-state index in [2.05, 4.69) is 34.7 Å². The molecule has 0 saturated carbocycles. The van der Waals surface area contributed by atoms with Crippen LogP contribution in [-0.4, -0.2) is 28.6 Å². The highest BCUT2D eigenvalue weighted by Crippen LogP contribution is 2.28. The normalized spacial score (nSPS) is 10.9. The van der Waals surface area contributed by atoms with Crippen molar-refractivity contribution in [3.8, 4) is 0 Å². The largest absolute Gasteiger partial charge is 0.352 e. The Kier molecular flexibility index (Phi) is 7.78. The van der Waals surface area contributed by atoms with E-state index in [1.165, 1.54) is 11.3 Å². The summed E-state index contributed by atoms with van der Waals surface area (Å²) in [6.45, 7) is 4.36. The predicted molar refractivity (Wildman–Crippen MR) is 99.8 cm³/mol. The molecule has 2 amide bonds. The summed E-state index contributed by atoms with van der Waals surface area (Å²) in [5.41, 5.74) is -0.233.